The van der Waals surface area contributed by atoms with Crippen LogP contribution in [-0.2, 0) is 6.42 Å². The lowest BCUT2D eigenvalue weighted by Gasteiger charge is -2.11. The Balaban J connectivity index is 2.49. The Bertz CT molecular complexity index is 349. The lowest BCUT2D eigenvalue weighted by molar-refractivity contribution is 0.102. The highest BCUT2D eigenvalue weighted by Crippen LogP contribution is 2.28. The maximum Gasteiger partial charge on any atom is 0.193 e. The van der Waals surface area contributed by atoms with Gasteiger partial charge < -0.3 is 5.11 Å². The molecule has 0 spiro atoms. The molecule has 0 fully saturated rings. The van der Waals surface area contributed by atoms with E-state index in [-0.39, 0.29) is 5.78 Å². The quantitative estimate of drug-likeness (QED) is 0.491. The van der Waals surface area contributed by atoms with Gasteiger partial charge in [-0.05, 0) is 24.3 Å². The van der Waals surface area contributed by atoms with Crippen LogP contribution in [0.5, 0.6) is 0 Å². The molecule has 0 unspecified atom stereocenters. The second kappa shape index (κ2) is 2.75. The monoisotopic (exact) mass is 180 g/mol. The summed E-state index contributed by atoms with van der Waals surface area (Å²) in [5.41, 5.74) is 1.30. The van der Waals surface area contributed by atoms with E-state index in [0.29, 0.717) is 12.0 Å². The molecule has 12 heavy (non-hydrogen) atoms. The molecule has 0 amide bonds. The van der Waals surface area contributed by atoms with Crippen LogP contribution < -0.4 is 0 Å². The average Bonchev–Trinajstić information content (AvgIpc) is 2.53. The Morgan fingerprint density at radius 1 is 1.50 bits per heavy atom. The van der Waals surface area contributed by atoms with E-state index < -0.39 is 0 Å². The molecule has 3 heteroatoms. The summed E-state index contributed by atoms with van der Waals surface area (Å²) in [6.45, 7) is 0. The van der Waals surface area contributed by atoms with Crippen molar-refractivity contribution in [2.75, 3.05) is 0 Å². The molecule has 1 aromatic heterocycles. The zero-order chi connectivity index (χ0) is 8.55. The number of fused-ring (bicyclic) bond motifs is 1. The Morgan fingerprint density at radius 3 is 3.08 bits per heavy atom. The molecular weight excluding hydrogens is 172 g/mol. The number of aliphatic hydroxyl groups excluding tert-OH is 1. The van der Waals surface area contributed by atoms with E-state index in [1.165, 1.54) is 0 Å². The number of carbonyl (C=O) groups is 1. The van der Waals surface area contributed by atoms with Crippen LogP contribution in [0, 0.1) is 0 Å². The number of thiophene rings is 1. The lowest BCUT2D eigenvalue weighted by atomic mass is 9.94. The first-order valence-electron chi connectivity index (χ1n) is 3.77. The Kier molecular flexibility index (Phi) is 1.73. The number of aryl methyl sites for hydroxylation is 1. The molecule has 2 nitrogen and oxygen atoms in total. The van der Waals surface area contributed by atoms with Crippen molar-refractivity contribution in [2.24, 2.45) is 0 Å². The normalized spacial score (nSPS) is 19.7. The average molecular weight is 180 g/mol. The van der Waals surface area contributed by atoms with Crippen LogP contribution in [0.1, 0.15) is 21.7 Å². The van der Waals surface area contributed by atoms with Crippen molar-refractivity contribution < 1.29 is 9.90 Å². The number of hydrogen-bond donors (Lipinski definition) is 1. The fourth-order valence-electron chi connectivity index (χ4n) is 1.39. The molecular formula is C9H8O2S. The van der Waals surface area contributed by atoms with Crippen LogP contribution in [0.4, 0.5) is 0 Å². The van der Waals surface area contributed by atoms with Crippen molar-refractivity contribution in [1.82, 2.24) is 0 Å². The summed E-state index contributed by atoms with van der Waals surface area (Å²) in [4.78, 5) is 12.6. The third-order valence-corrected chi connectivity index (χ3v) is 3.04. The summed E-state index contributed by atoms with van der Waals surface area (Å²) in [5, 5.41) is 10.7. The molecule has 0 aliphatic heterocycles. The molecule has 0 saturated carbocycles. The summed E-state index contributed by atoms with van der Waals surface area (Å²) < 4.78 is 0. The molecule has 1 aliphatic rings. The minimum Gasteiger partial charge on any atom is -0.515 e. The predicted octanol–water partition coefficient (Wildman–Crippen LogP) is 2.32. The van der Waals surface area contributed by atoms with Crippen LogP contribution in [0.2, 0.25) is 0 Å². The van der Waals surface area contributed by atoms with Gasteiger partial charge in [0, 0.05) is 16.0 Å². The third kappa shape index (κ3) is 0.975. The standard InChI is InChI=1S/C9H8O2S/c10-5-6-1-2-8-7(9(6)11)3-4-12-8/h3-5,10H,1-2H2. The second-order valence-corrected chi connectivity index (χ2v) is 3.74. The first-order chi connectivity index (χ1) is 5.83. The van der Waals surface area contributed by atoms with Gasteiger partial charge in [-0.2, -0.15) is 0 Å². The van der Waals surface area contributed by atoms with Crippen molar-refractivity contribution in [3.8, 4) is 0 Å². The van der Waals surface area contributed by atoms with E-state index in [1.807, 2.05) is 11.4 Å². The van der Waals surface area contributed by atoms with E-state index in [0.717, 1.165) is 23.1 Å². The van der Waals surface area contributed by atoms with Gasteiger partial charge in [0.2, 0.25) is 0 Å². The highest BCUT2D eigenvalue weighted by atomic mass is 32.1. The summed E-state index contributed by atoms with van der Waals surface area (Å²) in [6, 6.07) is 1.82. The van der Waals surface area contributed by atoms with Gasteiger partial charge in [-0.25, -0.2) is 0 Å². The van der Waals surface area contributed by atoms with E-state index in [9.17, 15) is 4.79 Å². The van der Waals surface area contributed by atoms with Crippen molar-refractivity contribution >= 4 is 17.1 Å². The number of aliphatic hydroxyl groups is 1. The number of allylic oxidation sites excluding steroid dienone is 1. The van der Waals surface area contributed by atoms with Crippen LogP contribution in [0.3, 0.4) is 0 Å². The Hall–Kier alpha value is -1.09. The maximum absolute atomic E-state index is 11.5. The Morgan fingerprint density at radius 2 is 2.33 bits per heavy atom. The minimum absolute atomic E-state index is 0.0139. The molecule has 0 saturated heterocycles. The molecule has 1 heterocycles. The van der Waals surface area contributed by atoms with Crippen molar-refractivity contribution in [3.05, 3.63) is 33.7 Å². The number of hydrogen-bond acceptors (Lipinski definition) is 3. The highest BCUT2D eigenvalue weighted by molar-refractivity contribution is 7.10. The predicted molar refractivity (Wildman–Crippen MR) is 47.7 cm³/mol. The van der Waals surface area contributed by atoms with Gasteiger partial charge >= 0.3 is 0 Å². The van der Waals surface area contributed by atoms with E-state index in [4.69, 9.17) is 5.11 Å². The topological polar surface area (TPSA) is 37.3 Å². The molecule has 1 aliphatic carbocycles. The molecule has 1 N–H and O–H groups in total. The number of rotatable bonds is 0. The van der Waals surface area contributed by atoms with Gasteiger partial charge in [0.05, 0.1) is 6.26 Å². The maximum atomic E-state index is 11.5. The molecule has 1 aromatic rings. The van der Waals surface area contributed by atoms with Gasteiger partial charge in [-0.1, -0.05) is 0 Å². The summed E-state index contributed by atoms with van der Waals surface area (Å²) in [6.07, 6.45) is 2.48. The first-order valence-corrected chi connectivity index (χ1v) is 4.65. The molecule has 2 rings (SSSR count). The SMILES string of the molecule is O=C1C(=CO)CCc2sccc21. The second-order valence-electron chi connectivity index (χ2n) is 2.74. The number of ketones is 1. The smallest absolute Gasteiger partial charge is 0.193 e. The largest absolute Gasteiger partial charge is 0.515 e. The zero-order valence-corrected chi connectivity index (χ0v) is 7.23. The van der Waals surface area contributed by atoms with E-state index in [2.05, 4.69) is 0 Å². The first kappa shape index (κ1) is 7.55. The zero-order valence-electron chi connectivity index (χ0n) is 6.41. The van der Waals surface area contributed by atoms with Gasteiger partial charge in [0.1, 0.15) is 0 Å². The van der Waals surface area contributed by atoms with Crippen LogP contribution in [-0.4, -0.2) is 10.9 Å². The van der Waals surface area contributed by atoms with Crippen LogP contribution in [0.25, 0.3) is 0 Å². The number of Topliss-reactive ketones (excluding diaryl/α,β-unsaturated/α-hetero) is 1. The van der Waals surface area contributed by atoms with Crippen LogP contribution in [0.15, 0.2) is 23.3 Å². The van der Waals surface area contributed by atoms with E-state index in [1.54, 1.807) is 11.3 Å². The lowest BCUT2D eigenvalue weighted by Crippen LogP contribution is -2.11. The van der Waals surface area contributed by atoms with Crippen molar-refractivity contribution in [3.63, 3.8) is 0 Å². The van der Waals surface area contributed by atoms with Gasteiger partial charge in [-0.15, -0.1) is 11.3 Å². The van der Waals surface area contributed by atoms with Crippen molar-refractivity contribution in [2.45, 2.75) is 12.8 Å². The molecule has 62 valence electrons. The molecule has 0 bridgehead atoms. The fraction of sp³-hybridized carbons (Fsp3) is 0.222. The van der Waals surface area contributed by atoms with Gasteiger partial charge in [-0.3, -0.25) is 4.79 Å². The summed E-state index contributed by atoms with van der Waals surface area (Å²) >= 11 is 1.61. The van der Waals surface area contributed by atoms with E-state index >= 15 is 0 Å². The number of carbonyl (C=O) groups excluding carboxylic acids is 1. The van der Waals surface area contributed by atoms with Gasteiger partial charge in [0.15, 0.2) is 5.78 Å². The summed E-state index contributed by atoms with van der Waals surface area (Å²) in [7, 11) is 0. The Labute approximate surface area is 74.2 Å². The van der Waals surface area contributed by atoms with Crippen LogP contribution >= 0.6 is 11.3 Å². The highest BCUT2D eigenvalue weighted by Gasteiger charge is 2.22. The molecule has 0 atom stereocenters. The molecule has 0 radical (unpaired) electrons. The third-order valence-electron chi connectivity index (χ3n) is 2.06. The minimum atomic E-state index is -0.0139. The van der Waals surface area contributed by atoms with Gasteiger partial charge in [0.25, 0.3) is 0 Å². The molecule has 0 aromatic carbocycles. The summed E-state index contributed by atoms with van der Waals surface area (Å²) in [5.74, 6) is -0.0139. The van der Waals surface area contributed by atoms with Crippen molar-refractivity contribution in [1.29, 1.82) is 0 Å². The fourth-order valence-corrected chi connectivity index (χ4v) is 2.27.